The summed E-state index contributed by atoms with van der Waals surface area (Å²) in [5.74, 6) is 0.869. The van der Waals surface area contributed by atoms with Crippen LogP contribution in [-0.4, -0.2) is 38.4 Å². The van der Waals surface area contributed by atoms with Gasteiger partial charge in [0, 0.05) is 21.5 Å². The summed E-state index contributed by atoms with van der Waals surface area (Å²) in [7, 11) is -3.44. The molecule has 0 amide bonds. The summed E-state index contributed by atoms with van der Waals surface area (Å²) in [5.41, 5.74) is 0. The standard InChI is InChI=1S/C13H16Br2N2O2S/c1-8-11-6-16-5-9(11)7-17(8)20(18,19)13-3-2-10(14)4-12(13)15/h2-4,8-9,11,16H,5-7H2,1H3. The average molecular weight is 424 g/mol. The Morgan fingerprint density at radius 3 is 2.70 bits per heavy atom. The van der Waals surface area contributed by atoms with Crippen molar-refractivity contribution in [2.24, 2.45) is 11.8 Å². The van der Waals surface area contributed by atoms with Gasteiger partial charge in [-0.05, 0) is 66.0 Å². The van der Waals surface area contributed by atoms with Crippen molar-refractivity contribution >= 4 is 41.9 Å². The summed E-state index contributed by atoms with van der Waals surface area (Å²) in [5, 5.41) is 3.35. The van der Waals surface area contributed by atoms with E-state index in [0.717, 1.165) is 17.6 Å². The molecule has 0 aromatic heterocycles. The zero-order valence-corrected chi connectivity index (χ0v) is 15.0. The molecule has 3 unspecified atom stereocenters. The normalized spacial score (nSPS) is 30.6. The molecule has 2 heterocycles. The predicted molar refractivity (Wildman–Crippen MR) is 85.0 cm³/mol. The van der Waals surface area contributed by atoms with Crippen LogP contribution in [0.2, 0.25) is 0 Å². The Bertz CT molecular complexity index is 635. The molecule has 2 aliphatic rings. The van der Waals surface area contributed by atoms with E-state index in [4.69, 9.17) is 0 Å². The second-order valence-corrected chi connectivity index (χ2v) is 9.10. The molecular formula is C13H16Br2N2O2S. The molecule has 0 spiro atoms. The summed E-state index contributed by atoms with van der Waals surface area (Å²) in [6.45, 7) is 4.47. The molecule has 20 heavy (non-hydrogen) atoms. The van der Waals surface area contributed by atoms with Crippen LogP contribution in [-0.2, 0) is 10.0 Å². The lowest BCUT2D eigenvalue weighted by atomic mass is 9.95. The van der Waals surface area contributed by atoms with Gasteiger partial charge in [-0.3, -0.25) is 0 Å². The van der Waals surface area contributed by atoms with Gasteiger partial charge < -0.3 is 5.32 Å². The minimum atomic E-state index is -3.44. The van der Waals surface area contributed by atoms with Crippen LogP contribution in [0.5, 0.6) is 0 Å². The SMILES string of the molecule is CC1C2CNCC2CN1S(=O)(=O)c1ccc(Br)cc1Br. The highest BCUT2D eigenvalue weighted by molar-refractivity contribution is 9.11. The van der Waals surface area contributed by atoms with E-state index in [-0.39, 0.29) is 6.04 Å². The summed E-state index contributed by atoms with van der Waals surface area (Å²) >= 11 is 6.71. The second-order valence-electron chi connectivity index (χ2n) is 5.47. The number of nitrogens with zero attached hydrogens (tertiary/aromatic N) is 1. The van der Waals surface area contributed by atoms with Crippen LogP contribution in [0.25, 0.3) is 0 Å². The van der Waals surface area contributed by atoms with Gasteiger partial charge >= 0.3 is 0 Å². The molecule has 3 atom stereocenters. The van der Waals surface area contributed by atoms with Gasteiger partial charge in [-0.15, -0.1) is 0 Å². The maximum atomic E-state index is 12.9. The zero-order chi connectivity index (χ0) is 14.5. The van der Waals surface area contributed by atoms with Crippen LogP contribution < -0.4 is 5.32 Å². The lowest BCUT2D eigenvalue weighted by molar-refractivity contribution is 0.360. The van der Waals surface area contributed by atoms with Crippen molar-refractivity contribution in [1.82, 2.24) is 9.62 Å². The molecule has 3 rings (SSSR count). The van der Waals surface area contributed by atoms with E-state index < -0.39 is 10.0 Å². The summed E-state index contributed by atoms with van der Waals surface area (Å²) in [4.78, 5) is 0.348. The largest absolute Gasteiger partial charge is 0.316 e. The highest BCUT2D eigenvalue weighted by Gasteiger charge is 2.47. The smallest absolute Gasteiger partial charge is 0.244 e. The van der Waals surface area contributed by atoms with Crippen molar-refractivity contribution in [1.29, 1.82) is 0 Å². The number of nitrogens with one attached hydrogen (secondary N) is 1. The molecule has 0 aliphatic carbocycles. The molecule has 1 aromatic rings. The van der Waals surface area contributed by atoms with Crippen molar-refractivity contribution < 1.29 is 8.42 Å². The van der Waals surface area contributed by atoms with E-state index in [1.165, 1.54) is 0 Å². The molecule has 1 N–H and O–H groups in total. The zero-order valence-electron chi connectivity index (χ0n) is 11.0. The molecular weight excluding hydrogens is 408 g/mol. The third-order valence-corrected chi connectivity index (χ3v) is 7.78. The second kappa shape index (κ2) is 5.35. The van der Waals surface area contributed by atoms with Gasteiger partial charge in [0.2, 0.25) is 10.0 Å². The predicted octanol–water partition coefficient (Wildman–Crippen LogP) is 2.44. The van der Waals surface area contributed by atoms with Crippen molar-refractivity contribution in [3.05, 3.63) is 27.1 Å². The van der Waals surface area contributed by atoms with Crippen LogP contribution in [0.15, 0.2) is 32.0 Å². The lowest BCUT2D eigenvalue weighted by Gasteiger charge is -2.24. The van der Waals surface area contributed by atoms with Crippen LogP contribution in [0.1, 0.15) is 6.92 Å². The number of fused-ring (bicyclic) bond motifs is 1. The third kappa shape index (κ3) is 2.37. The minimum absolute atomic E-state index is 0.0514. The van der Waals surface area contributed by atoms with E-state index in [9.17, 15) is 8.42 Å². The number of hydrogen-bond donors (Lipinski definition) is 1. The Morgan fingerprint density at radius 1 is 1.30 bits per heavy atom. The van der Waals surface area contributed by atoms with Gasteiger partial charge in [0.25, 0.3) is 0 Å². The maximum absolute atomic E-state index is 12.9. The average Bonchev–Trinajstić information content (AvgIpc) is 2.92. The van der Waals surface area contributed by atoms with E-state index >= 15 is 0 Å². The van der Waals surface area contributed by atoms with Gasteiger partial charge in [0.05, 0.1) is 4.90 Å². The molecule has 1 aromatic carbocycles. The molecule has 0 radical (unpaired) electrons. The van der Waals surface area contributed by atoms with E-state index in [1.54, 1.807) is 22.5 Å². The Labute approximate surface area is 136 Å². The van der Waals surface area contributed by atoms with Crippen molar-refractivity contribution in [2.45, 2.75) is 17.9 Å². The maximum Gasteiger partial charge on any atom is 0.244 e. The lowest BCUT2D eigenvalue weighted by Crippen LogP contribution is -2.38. The van der Waals surface area contributed by atoms with Crippen LogP contribution in [0.4, 0.5) is 0 Å². The fraction of sp³-hybridized carbons (Fsp3) is 0.538. The third-order valence-electron chi connectivity index (χ3n) is 4.36. The van der Waals surface area contributed by atoms with Gasteiger partial charge in [0.15, 0.2) is 0 Å². The molecule has 110 valence electrons. The minimum Gasteiger partial charge on any atom is -0.316 e. The highest BCUT2D eigenvalue weighted by Crippen LogP contribution is 2.38. The molecule has 0 saturated carbocycles. The molecule has 2 saturated heterocycles. The number of halogens is 2. The van der Waals surface area contributed by atoms with Crippen LogP contribution >= 0.6 is 31.9 Å². The molecule has 4 nitrogen and oxygen atoms in total. The van der Waals surface area contributed by atoms with Gasteiger partial charge in [-0.2, -0.15) is 4.31 Å². The van der Waals surface area contributed by atoms with Crippen molar-refractivity contribution in [3.8, 4) is 0 Å². The Kier molecular flexibility index (Phi) is 4.01. The fourth-order valence-corrected chi connectivity index (χ4v) is 6.70. The van der Waals surface area contributed by atoms with Crippen molar-refractivity contribution in [3.63, 3.8) is 0 Å². The summed E-state index contributed by atoms with van der Waals surface area (Å²) in [6.07, 6.45) is 0. The van der Waals surface area contributed by atoms with Gasteiger partial charge in [-0.25, -0.2) is 8.42 Å². The van der Waals surface area contributed by atoms with Crippen LogP contribution in [0, 0.1) is 11.8 Å². The molecule has 0 bridgehead atoms. The number of hydrogen-bond acceptors (Lipinski definition) is 3. The van der Waals surface area contributed by atoms with Crippen molar-refractivity contribution in [2.75, 3.05) is 19.6 Å². The number of benzene rings is 1. The first kappa shape index (κ1) is 15.0. The molecule has 7 heteroatoms. The highest BCUT2D eigenvalue weighted by atomic mass is 79.9. The molecule has 2 aliphatic heterocycles. The first-order valence-corrected chi connectivity index (χ1v) is 9.61. The van der Waals surface area contributed by atoms with Gasteiger partial charge in [-0.1, -0.05) is 15.9 Å². The number of rotatable bonds is 2. The van der Waals surface area contributed by atoms with Crippen LogP contribution in [0.3, 0.4) is 0 Å². The quantitative estimate of drug-likeness (QED) is 0.794. The monoisotopic (exact) mass is 422 g/mol. The summed E-state index contributed by atoms with van der Waals surface area (Å²) < 4.78 is 28.9. The Hall–Kier alpha value is 0.0500. The topological polar surface area (TPSA) is 49.4 Å². The Balaban J connectivity index is 1.96. The van der Waals surface area contributed by atoms with E-state index in [1.807, 2.05) is 6.92 Å². The Morgan fingerprint density at radius 2 is 2.05 bits per heavy atom. The summed E-state index contributed by atoms with van der Waals surface area (Å²) in [6, 6.07) is 5.25. The first-order chi connectivity index (χ1) is 9.41. The molecule has 2 fully saturated rings. The van der Waals surface area contributed by atoms with Gasteiger partial charge in [0.1, 0.15) is 0 Å². The van der Waals surface area contributed by atoms with E-state index in [0.29, 0.717) is 27.7 Å². The van der Waals surface area contributed by atoms with E-state index in [2.05, 4.69) is 37.2 Å². The number of sulfonamides is 1. The first-order valence-electron chi connectivity index (χ1n) is 6.59. The fourth-order valence-electron chi connectivity index (χ4n) is 3.26.